The van der Waals surface area contributed by atoms with Gasteiger partial charge in [-0.15, -0.1) is 0 Å². The Bertz CT molecular complexity index is 848. The van der Waals surface area contributed by atoms with Crippen molar-refractivity contribution in [1.29, 1.82) is 0 Å². The maximum atomic E-state index is 12.2. The number of esters is 1. The van der Waals surface area contributed by atoms with Crippen molar-refractivity contribution in [3.8, 4) is 5.75 Å². The third-order valence-electron chi connectivity index (χ3n) is 3.93. The predicted molar refractivity (Wildman–Crippen MR) is 103 cm³/mol. The van der Waals surface area contributed by atoms with Crippen LogP contribution in [-0.4, -0.2) is 29.5 Å². The molecular weight excluding hydrogens is 364 g/mol. The van der Waals surface area contributed by atoms with Crippen LogP contribution in [0.3, 0.4) is 0 Å². The number of hydrogen-bond donors (Lipinski definition) is 1. The van der Waals surface area contributed by atoms with Gasteiger partial charge in [-0.1, -0.05) is 38.1 Å². The van der Waals surface area contributed by atoms with Gasteiger partial charge in [0.15, 0.2) is 18.5 Å². The Hall–Kier alpha value is -3.42. The highest BCUT2D eigenvalue weighted by Gasteiger charge is 2.20. The van der Waals surface area contributed by atoms with Crippen molar-refractivity contribution in [2.45, 2.75) is 32.8 Å². The lowest BCUT2D eigenvalue weighted by molar-refractivity contribution is -0.385. The van der Waals surface area contributed by atoms with Gasteiger partial charge in [0.2, 0.25) is 0 Å². The number of benzene rings is 2. The lowest BCUT2D eigenvalue weighted by Gasteiger charge is -2.14. The number of hydrogen-bond acceptors (Lipinski definition) is 6. The van der Waals surface area contributed by atoms with E-state index in [0.717, 1.165) is 5.56 Å². The van der Waals surface area contributed by atoms with Crippen LogP contribution in [-0.2, 0) is 14.3 Å². The Morgan fingerprint density at radius 1 is 1.07 bits per heavy atom. The normalized spacial score (nSPS) is 11.6. The molecule has 0 aliphatic carbocycles. The fraction of sp³-hybridized carbons (Fsp3) is 0.300. The molecule has 0 radical (unpaired) electrons. The second kappa shape index (κ2) is 9.50. The molecule has 148 valence electrons. The number of nitro groups is 1. The molecule has 0 bridgehead atoms. The van der Waals surface area contributed by atoms with Gasteiger partial charge >= 0.3 is 11.7 Å². The summed E-state index contributed by atoms with van der Waals surface area (Å²) in [4.78, 5) is 34.4. The zero-order valence-corrected chi connectivity index (χ0v) is 15.9. The molecule has 2 rings (SSSR count). The maximum Gasteiger partial charge on any atom is 0.344 e. The Kier molecular flexibility index (Phi) is 7.08. The summed E-state index contributed by atoms with van der Waals surface area (Å²) in [7, 11) is 0. The summed E-state index contributed by atoms with van der Waals surface area (Å²) in [5.41, 5.74) is 1.48. The fourth-order valence-corrected chi connectivity index (χ4v) is 2.35. The number of nitrogens with one attached hydrogen (secondary N) is 1. The number of nitrogens with zero attached hydrogens (tertiary/aromatic N) is 1. The van der Waals surface area contributed by atoms with Crippen LogP contribution in [0.4, 0.5) is 11.4 Å². The zero-order chi connectivity index (χ0) is 20.7. The number of amides is 1. The van der Waals surface area contributed by atoms with Crippen molar-refractivity contribution < 1.29 is 24.0 Å². The minimum absolute atomic E-state index is 0.0493. The first-order valence-electron chi connectivity index (χ1n) is 8.74. The summed E-state index contributed by atoms with van der Waals surface area (Å²) in [6, 6.07) is 13.1. The first-order valence-corrected chi connectivity index (χ1v) is 8.74. The standard InChI is InChI=1S/C20H22N2O6/c1-13(2)15-8-10-16(11-9-15)21-20(24)14(3)28-19(23)12-27-18-7-5-4-6-17(18)22(25)26/h4-11,13-14H,12H2,1-3H3,(H,21,24)/t14-/m0/s1. The molecule has 1 atom stereocenters. The van der Waals surface area contributed by atoms with E-state index in [4.69, 9.17) is 9.47 Å². The van der Waals surface area contributed by atoms with Crippen LogP contribution >= 0.6 is 0 Å². The first kappa shape index (κ1) is 20.9. The van der Waals surface area contributed by atoms with E-state index in [1.807, 2.05) is 12.1 Å². The molecule has 28 heavy (non-hydrogen) atoms. The van der Waals surface area contributed by atoms with Gasteiger partial charge in [-0.25, -0.2) is 4.79 Å². The van der Waals surface area contributed by atoms with Gasteiger partial charge in [0.25, 0.3) is 5.91 Å². The highest BCUT2D eigenvalue weighted by molar-refractivity contribution is 5.95. The molecule has 0 aromatic heterocycles. The minimum atomic E-state index is -1.05. The van der Waals surface area contributed by atoms with E-state index in [9.17, 15) is 19.7 Å². The highest BCUT2D eigenvalue weighted by Crippen LogP contribution is 2.25. The SMILES string of the molecule is CC(C)c1ccc(NC(=O)[C@H](C)OC(=O)COc2ccccc2[N+](=O)[O-])cc1. The minimum Gasteiger partial charge on any atom is -0.475 e. The van der Waals surface area contributed by atoms with Crippen LogP contribution in [0.15, 0.2) is 48.5 Å². The van der Waals surface area contributed by atoms with E-state index >= 15 is 0 Å². The van der Waals surface area contributed by atoms with Crippen molar-refractivity contribution in [2.75, 3.05) is 11.9 Å². The lowest BCUT2D eigenvalue weighted by atomic mass is 10.0. The number of nitro benzene ring substituents is 1. The van der Waals surface area contributed by atoms with Crippen molar-refractivity contribution in [2.24, 2.45) is 0 Å². The number of ether oxygens (including phenoxy) is 2. The molecular formula is C20H22N2O6. The van der Waals surface area contributed by atoms with Crippen LogP contribution in [0.2, 0.25) is 0 Å². The van der Waals surface area contributed by atoms with Crippen LogP contribution < -0.4 is 10.1 Å². The highest BCUT2D eigenvalue weighted by atomic mass is 16.6. The van der Waals surface area contributed by atoms with Crippen LogP contribution in [0, 0.1) is 10.1 Å². The van der Waals surface area contributed by atoms with E-state index in [1.165, 1.54) is 25.1 Å². The molecule has 0 unspecified atom stereocenters. The van der Waals surface area contributed by atoms with Gasteiger partial charge < -0.3 is 14.8 Å². The number of anilines is 1. The molecule has 2 aromatic carbocycles. The smallest absolute Gasteiger partial charge is 0.344 e. The molecule has 0 aliphatic heterocycles. The van der Waals surface area contributed by atoms with Crippen molar-refractivity contribution in [1.82, 2.24) is 0 Å². The van der Waals surface area contributed by atoms with Gasteiger partial charge in [-0.05, 0) is 36.6 Å². The fourth-order valence-electron chi connectivity index (χ4n) is 2.35. The Labute approximate surface area is 162 Å². The third kappa shape index (κ3) is 5.80. The largest absolute Gasteiger partial charge is 0.475 e. The van der Waals surface area contributed by atoms with Crippen molar-refractivity contribution in [3.05, 3.63) is 64.2 Å². The average Bonchev–Trinajstić information content (AvgIpc) is 2.66. The number of rotatable bonds is 8. The number of carbonyl (C=O) groups excluding carboxylic acids is 2. The van der Waals surface area contributed by atoms with E-state index in [-0.39, 0.29) is 11.4 Å². The van der Waals surface area contributed by atoms with E-state index < -0.39 is 29.5 Å². The molecule has 0 heterocycles. The zero-order valence-electron chi connectivity index (χ0n) is 15.9. The van der Waals surface area contributed by atoms with Gasteiger partial charge in [0, 0.05) is 11.8 Å². The van der Waals surface area contributed by atoms with Gasteiger partial charge in [0.1, 0.15) is 0 Å². The molecule has 0 saturated heterocycles. The first-order chi connectivity index (χ1) is 13.3. The van der Waals surface area contributed by atoms with Crippen molar-refractivity contribution in [3.63, 3.8) is 0 Å². The second-order valence-electron chi connectivity index (χ2n) is 6.41. The predicted octanol–water partition coefficient (Wildman–Crippen LogP) is 3.67. The molecule has 2 aromatic rings. The molecule has 0 spiro atoms. The average molecular weight is 386 g/mol. The van der Waals surface area contributed by atoms with E-state index in [2.05, 4.69) is 19.2 Å². The summed E-state index contributed by atoms with van der Waals surface area (Å²) >= 11 is 0. The Morgan fingerprint density at radius 3 is 2.32 bits per heavy atom. The van der Waals surface area contributed by atoms with E-state index in [0.29, 0.717) is 11.6 Å². The quantitative estimate of drug-likeness (QED) is 0.421. The molecule has 8 heteroatoms. The van der Waals surface area contributed by atoms with Gasteiger partial charge in [-0.2, -0.15) is 0 Å². The molecule has 1 N–H and O–H groups in total. The van der Waals surface area contributed by atoms with E-state index in [1.54, 1.807) is 18.2 Å². The number of para-hydroxylation sites is 2. The topological polar surface area (TPSA) is 108 Å². The Balaban J connectivity index is 1.86. The monoisotopic (exact) mass is 386 g/mol. The summed E-state index contributed by atoms with van der Waals surface area (Å²) in [6.07, 6.45) is -1.05. The molecule has 0 fully saturated rings. The molecule has 0 aliphatic rings. The lowest BCUT2D eigenvalue weighted by Crippen LogP contribution is -2.31. The molecule has 1 amide bonds. The summed E-state index contributed by atoms with van der Waals surface area (Å²) in [6.45, 7) is 5.02. The number of carbonyl (C=O) groups is 2. The van der Waals surface area contributed by atoms with Crippen LogP contribution in [0.1, 0.15) is 32.3 Å². The summed E-state index contributed by atoms with van der Waals surface area (Å²) in [5, 5.41) is 13.6. The second-order valence-corrected chi connectivity index (χ2v) is 6.41. The molecule has 8 nitrogen and oxygen atoms in total. The Morgan fingerprint density at radius 2 is 1.71 bits per heavy atom. The van der Waals surface area contributed by atoms with Gasteiger partial charge in [-0.3, -0.25) is 14.9 Å². The molecule has 0 saturated carbocycles. The van der Waals surface area contributed by atoms with Crippen LogP contribution in [0.5, 0.6) is 5.75 Å². The maximum absolute atomic E-state index is 12.2. The third-order valence-corrected chi connectivity index (χ3v) is 3.93. The summed E-state index contributed by atoms with van der Waals surface area (Å²) < 4.78 is 10.2. The van der Waals surface area contributed by atoms with Crippen molar-refractivity contribution >= 4 is 23.3 Å². The van der Waals surface area contributed by atoms with Gasteiger partial charge in [0.05, 0.1) is 4.92 Å². The summed E-state index contributed by atoms with van der Waals surface area (Å²) in [5.74, 6) is -0.968. The van der Waals surface area contributed by atoms with Crippen LogP contribution in [0.25, 0.3) is 0 Å².